The lowest BCUT2D eigenvalue weighted by Gasteiger charge is -2.39. The molecule has 0 heterocycles. The Morgan fingerprint density at radius 1 is 1.03 bits per heavy atom. The smallest absolute Gasteiger partial charge is 0.266 e. The molecule has 1 amide bonds. The summed E-state index contributed by atoms with van der Waals surface area (Å²) in [7, 11) is -4.09. The second-order valence-corrected chi connectivity index (χ2v) is 10.6. The van der Waals surface area contributed by atoms with E-state index in [4.69, 9.17) is 4.55 Å². The monoisotopic (exact) mass is 480 g/mol. The highest BCUT2D eigenvalue weighted by atomic mass is 32.2. The summed E-state index contributed by atoms with van der Waals surface area (Å²) in [5.41, 5.74) is 2.98. The Kier molecular flexibility index (Phi) is 7.54. The Morgan fingerprint density at radius 2 is 1.76 bits per heavy atom. The first-order valence-electron chi connectivity index (χ1n) is 11.9. The Morgan fingerprint density at radius 3 is 2.47 bits per heavy atom. The number of hydrogen-bond acceptors (Lipinski definition) is 4. The highest BCUT2D eigenvalue weighted by Gasteiger charge is 2.27. The molecule has 0 aromatic heterocycles. The fourth-order valence-electron chi connectivity index (χ4n) is 5.06. The number of nitrogens with one attached hydrogen (secondary N) is 1. The van der Waals surface area contributed by atoms with Crippen molar-refractivity contribution in [3.8, 4) is 0 Å². The molecule has 34 heavy (non-hydrogen) atoms. The highest BCUT2D eigenvalue weighted by molar-refractivity contribution is 7.85. The minimum absolute atomic E-state index is 0.120. The van der Waals surface area contributed by atoms with Crippen LogP contribution < -0.4 is 10.2 Å². The Bertz CT molecular complexity index is 1240. The largest absolute Gasteiger partial charge is 0.369 e. The quantitative estimate of drug-likeness (QED) is 0.443. The van der Waals surface area contributed by atoms with Gasteiger partial charge in [-0.2, -0.15) is 8.42 Å². The third-order valence-corrected chi connectivity index (χ3v) is 7.50. The summed E-state index contributed by atoms with van der Waals surface area (Å²) in [6.07, 6.45) is 4.54. The average molecular weight is 481 g/mol. The fraction of sp³-hybridized carbons (Fsp3) is 0.370. The van der Waals surface area contributed by atoms with Crippen LogP contribution in [0.2, 0.25) is 0 Å². The summed E-state index contributed by atoms with van der Waals surface area (Å²) in [5.74, 6) is -0.402. The van der Waals surface area contributed by atoms with Gasteiger partial charge in [-0.3, -0.25) is 9.35 Å². The molecule has 1 fully saturated rings. The summed E-state index contributed by atoms with van der Waals surface area (Å²) < 4.78 is 30.4. The molecule has 1 aliphatic carbocycles. The number of hydrogen-bond donors (Lipinski definition) is 2. The molecule has 3 aromatic rings. The minimum atomic E-state index is -4.09. The van der Waals surface area contributed by atoms with Crippen molar-refractivity contribution >= 4 is 32.5 Å². The zero-order valence-electron chi connectivity index (χ0n) is 19.5. The molecule has 1 saturated carbocycles. The van der Waals surface area contributed by atoms with Crippen LogP contribution in [-0.4, -0.2) is 43.8 Å². The molecule has 6 nitrogen and oxygen atoms in total. The summed E-state index contributed by atoms with van der Waals surface area (Å²) in [4.78, 5) is 14.8. The van der Waals surface area contributed by atoms with Gasteiger partial charge in [0.1, 0.15) is 0 Å². The second-order valence-electron chi connectivity index (χ2n) is 9.00. The summed E-state index contributed by atoms with van der Waals surface area (Å²) in [6.45, 7) is 3.05. The SMILES string of the molecule is CCN(c1ccc2ccccc2c1)C1CCCC(c2ccc(C(=O)NCCS(=O)(=O)O)cc2)C1. The first-order valence-corrected chi connectivity index (χ1v) is 13.5. The van der Waals surface area contributed by atoms with Crippen LogP contribution in [0.4, 0.5) is 5.69 Å². The van der Waals surface area contributed by atoms with Crippen LogP contribution in [0.3, 0.4) is 0 Å². The van der Waals surface area contributed by atoms with E-state index in [1.54, 1.807) is 12.1 Å². The third-order valence-electron chi connectivity index (χ3n) is 6.78. The number of carbonyl (C=O) groups excluding carboxylic acids is 1. The lowest BCUT2D eigenvalue weighted by Crippen LogP contribution is -2.38. The van der Waals surface area contributed by atoms with E-state index < -0.39 is 15.9 Å². The van der Waals surface area contributed by atoms with Crippen molar-refractivity contribution in [1.82, 2.24) is 5.32 Å². The fourth-order valence-corrected chi connectivity index (χ4v) is 5.42. The van der Waals surface area contributed by atoms with E-state index >= 15 is 0 Å². The van der Waals surface area contributed by atoms with E-state index in [1.807, 2.05) is 12.1 Å². The van der Waals surface area contributed by atoms with E-state index in [0.717, 1.165) is 25.8 Å². The number of rotatable bonds is 8. The molecule has 3 aromatic carbocycles. The van der Waals surface area contributed by atoms with Crippen LogP contribution in [0.1, 0.15) is 54.4 Å². The van der Waals surface area contributed by atoms with Gasteiger partial charge >= 0.3 is 0 Å². The van der Waals surface area contributed by atoms with Crippen LogP contribution in [0.25, 0.3) is 10.8 Å². The normalized spacial score (nSPS) is 18.5. The number of nitrogens with zero attached hydrogens (tertiary/aromatic N) is 1. The van der Waals surface area contributed by atoms with Crippen molar-refractivity contribution in [3.63, 3.8) is 0 Å². The lowest BCUT2D eigenvalue weighted by atomic mass is 9.80. The Balaban J connectivity index is 1.42. The minimum Gasteiger partial charge on any atom is -0.369 e. The van der Waals surface area contributed by atoms with Gasteiger partial charge in [-0.1, -0.05) is 48.9 Å². The van der Waals surface area contributed by atoms with Crippen LogP contribution in [-0.2, 0) is 10.1 Å². The highest BCUT2D eigenvalue weighted by Crippen LogP contribution is 2.37. The van der Waals surface area contributed by atoms with Crippen molar-refractivity contribution in [1.29, 1.82) is 0 Å². The van der Waals surface area contributed by atoms with Gasteiger partial charge in [0.15, 0.2) is 0 Å². The molecule has 1 aliphatic rings. The molecule has 2 unspecified atom stereocenters. The van der Waals surface area contributed by atoms with Gasteiger partial charge in [0.2, 0.25) is 0 Å². The van der Waals surface area contributed by atoms with E-state index in [-0.39, 0.29) is 12.5 Å². The topological polar surface area (TPSA) is 86.7 Å². The number of benzene rings is 3. The van der Waals surface area contributed by atoms with Crippen molar-refractivity contribution in [2.75, 3.05) is 23.7 Å². The molecule has 0 spiro atoms. The summed E-state index contributed by atoms with van der Waals surface area (Å²) in [6, 6.07) is 23.3. The van der Waals surface area contributed by atoms with Crippen molar-refractivity contribution in [2.24, 2.45) is 0 Å². The molecule has 2 atom stereocenters. The number of amides is 1. The molecule has 0 saturated heterocycles. The van der Waals surface area contributed by atoms with E-state index in [2.05, 4.69) is 59.6 Å². The van der Waals surface area contributed by atoms with Crippen LogP contribution in [0.15, 0.2) is 66.7 Å². The van der Waals surface area contributed by atoms with Crippen LogP contribution in [0, 0.1) is 0 Å². The zero-order valence-corrected chi connectivity index (χ0v) is 20.3. The lowest BCUT2D eigenvalue weighted by molar-refractivity contribution is 0.0956. The van der Waals surface area contributed by atoms with Gasteiger partial charge < -0.3 is 10.2 Å². The van der Waals surface area contributed by atoms with Gasteiger partial charge in [-0.05, 0) is 72.7 Å². The zero-order chi connectivity index (χ0) is 24.1. The standard InChI is InChI=1S/C27H32N2O4S/c1-2-29(26-15-14-20-6-3-4-7-23(20)19-26)25-9-5-8-24(18-25)21-10-12-22(13-11-21)27(30)28-16-17-34(31,32)33/h3-4,6-7,10-15,19,24-25H,2,5,8-9,16-18H2,1H3,(H,28,30)(H,31,32,33). The van der Waals surface area contributed by atoms with Crippen molar-refractivity contribution in [2.45, 2.75) is 44.6 Å². The maximum absolute atomic E-state index is 12.3. The Labute approximate surface area is 201 Å². The Hall–Kier alpha value is -2.90. The van der Waals surface area contributed by atoms with E-state index in [0.29, 0.717) is 17.5 Å². The number of fused-ring (bicyclic) bond motifs is 1. The molecule has 0 aliphatic heterocycles. The molecule has 7 heteroatoms. The maximum Gasteiger partial charge on any atom is 0.266 e. The predicted molar refractivity (Wildman–Crippen MR) is 137 cm³/mol. The van der Waals surface area contributed by atoms with Gasteiger partial charge in [-0.15, -0.1) is 0 Å². The molecule has 2 N–H and O–H groups in total. The molecule has 0 radical (unpaired) electrons. The molecular weight excluding hydrogens is 448 g/mol. The van der Waals surface area contributed by atoms with Gasteiger partial charge in [-0.25, -0.2) is 0 Å². The number of anilines is 1. The average Bonchev–Trinajstić information content (AvgIpc) is 2.84. The molecule has 180 valence electrons. The summed E-state index contributed by atoms with van der Waals surface area (Å²) >= 11 is 0. The van der Waals surface area contributed by atoms with Gasteiger partial charge in [0.05, 0.1) is 5.75 Å². The van der Waals surface area contributed by atoms with Crippen molar-refractivity contribution < 1.29 is 17.8 Å². The second kappa shape index (κ2) is 10.6. The predicted octanol–water partition coefficient (Wildman–Crippen LogP) is 5.01. The molecule has 4 rings (SSSR count). The van der Waals surface area contributed by atoms with Gasteiger partial charge in [0.25, 0.3) is 16.0 Å². The van der Waals surface area contributed by atoms with Gasteiger partial charge in [0, 0.05) is 30.4 Å². The van der Waals surface area contributed by atoms with E-state index in [9.17, 15) is 13.2 Å². The van der Waals surface area contributed by atoms with Crippen LogP contribution >= 0.6 is 0 Å². The first-order chi connectivity index (χ1) is 16.3. The van der Waals surface area contributed by atoms with Crippen molar-refractivity contribution in [3.05, 3.63) is 77.9 Å². The number of carbonyl (C=O) groups is 1. The van der Waals surface area contributed by atoms with Crippen LogP contribution in [0.5, 0.6) is 0 Å². The maximum atomic E-state index is 12.3. The third kappa shape index (κ3) is 5.96. The van der Waals surface area contributed by atoms with E-state index in [1.165, 1.54) is 28.4 Å². The first kappa shape index (κ1) is 24.2. The summed E-state index contributed by atoms with van der Waals surface area (Å²) in [5, 5.41) is 5.05. The molecular formula is C27H32N2O4S. The molecule has 0 bridgehead atoms.